The molecular weight excluding hydrogens is 452 g/mol. The number of rotatable bonds is 10. The van der Waals surface area contributed by atoms with E-state index in [0.717, 1.165) is 11.1 Å². The van der Waals surface area contributed by atoms with Crippen molar-refractivity contribution < 1.29 is 22.7 Å². The van der Waals surface area contributed by atoms with E-state index < -0.39 is 28.5 Å². The highest BCUT2D eigenvalue weighted by Gasteiger charge is 2.19. The average Bonchev–Trinajstić information content (AvgIpc) is 2.87. The van der Waals surface area contributed by atoms with Crippen molar-refractivity contribution in [2.75, 3.05) is 13.2 Å². The van der Waals surface area contributed by atoms with Gasteiger partial charge in [-0.15, -0.1) is 6.42 Å². The lowest BCUT2D eigenvalue weighted by Gasteiger charge is -2.19. The Bertz CT molecular complexity index is 1270. The van der Waals surface area contributed by atoms with Crippen LogP contribution in [0.3, 0.4) is 0 Å². The van der Waals surface area contributed by atoms with Crippen LogP contribution in [0.5, 0.6) is 0 Å². The molecule has 0 spiro atoms. The minimum atomic E-state index is -3.87. The molecule has 1 atom stereocenters. The summed E-state index contributed by atoms with van der Waals surface area (Å²) in [6.07, 6.45) is 5.65. The van der Waals surface area contributed by atoms with Crippen LogP contribution in [0.25, 0.3) is 0 Å². The quantitative estimate of drug-likeness (QED) is 0.346. The number of carbonyl (C=O) groups is 2. The lowest BCUT2D eigenvalue weighted by atomic mass is 9.99. The van der Waals surface area contributed by atoms with Crippen LogP contribution in [0.15, 0.2) is 89.8 Å². The monoisotopic (exact) mass is 476 g/mol. The second-order valence-corrected chi connectivity index (χ2v) is 9.12. The van der Waals surface area contributed by atoms with Gasteiger partial charge in [-0.25, -0.2) is 13.2 Å². The van der Waals surface area contributed by atoms with E-state index in [2.05, 4.69) is 16.0 Å². The largest absolute Gasteiger partial charge is 0.452 e. The third kappa shape index (κ3) is 7.04. The van der Waals surface area contributed by atoms with Gasteiger partial charge in [0.25, 0.3) is 5.91 Å². The first-order chi connectivity index (χ1) is 16.4. The second-order valence-electron chi connectivity index (χ2n) is 7.35. The van der Waals surface area contributed by atoms with Gasteiger partial charge in [-0.05, 0) is 35.7 Å². The normalized spacial score (nSPS) is 11.7. The molecule has 0 aliphatic rings. The molecule has 3 aromatic carbocycles. The molecule has 0 fully saturated rings. The Morgan fingerprint density at radius 3 is 2.29 bits per heavy atom. The zero-order valence-electron chi connectivity index (χ0n) is 18.3. The number of amides is 1. The van der Waals surface area contributed by atoms with Crippen molar-refractivity contribution in [3.8, 4) is 12.3 Å². The van der Waals surface area contributed by atoms with E-state index in [1.165, 1.54) is 24.3 Å². The molecule has 2 N–H and O–H groups in total. The second kappa shape index (κ2) is 11.8. The molecule has 1 amide bonds. The summed E-state index contributed by atoms with van der Waals surface area (Å²) in [4.78, 5) is 24.9. The SMILES string of the molecule is C#CCNS(=O)(=O)c1cccc(C(=O)OCC(=O)NC(Cc2ccccc2)c2ccccc2)c1. The van der Waals surface area contributed by atoms with Crippen molar-refractivity contribution in [2.24, 2.45) is 0 Å². The third-order valence-corrected chi connectivity index (χ3v) is 6.30. The summed E-state index contributed by atoms with van der Waals surface area (Å²) in [7, 11) is -3.87. The summed E-state index contributed by atoms with van der Waals surface area (Å²) in [6, 6.07) is 24.2. The van der Waals surface area contributed by atoms with Crippen molar-refractivity contribution in [1.29, 1.82) is 0 Å². The lowest BCUT2D eigenvalue weighted by Crippen LogP contribution is -2.33. The highest BCUT2D eigenvalue weighted by molar-refractivity contribution is 7.89. The molecule has 0 saturated heterocycles. The molecular formula is C26H24N2O5S. The van der Waals surface area contributed by atoms with Gasteiger partial charge in [0, 0.05) is 0 Å². The Morgan fingerprint density at radius 1 is 0.941 bits per heavy atom. The maximum absolute atomic E-state index is 12.6. The van der Waals surface area contributed by atoms with Crippen LogP contribution in [0.2, 0.25) is 0 Å². The molecule has 7 nitrogen and oxygen atoms in total. The fourth-order valence-electron chi connectivity index (χ4n) is 3.25. The molecule has 8 heteroatoms. The van der Waals surface area contributed by atoms with E-state index in [1.807, 2.05) is 60.7 Å². The molecule has 174 valence electrons. The van der Waals surface area contributed by atoms with Crippen LogP contribution < -0.4 is 10.0 Å². The highest BCUT2D eigenvalue weighted by Crippen LogP contribution is 2.18. The Kier molecular flexibility index (Phi) is 8.57. The number of hydrogen-bond donors (Lipinski definition) is 2. The minimum Gasteiger partial charge on any atom is -0.452 e. The summed E-state index contributed by atoms with van der Waals surface area (Å²) in [6.45, 7) is -0.688. The van der Waals surface area contributed by atoms with Gasteiger partial charge in [-0.2, -0.15) is 4.72 Å². The summed E-state index contributed by atoms with van der Waals surface area (Å²) in [5.41, 5.74) is 1.97. The van der Waals surface area contributed by atoms with Gasteiger partial charge in [-0.1, -0.05) is 72.7 Å². The maximum Gasteiger partial charge on any atom is 0.338 e. The number of carbonyl (C=O) groups excluding carboxylic acids is 2. The predicted octanol–water partition coefficient (Wildman–Crippen LogP) is 2.86. The minimum absolute atomic E-state index is 0.000257. The first kappa shape index (κ1) is 24.7. The molecule has 0 heterocycles. The zero-order valence-corrected chi connectivity index (χ0v) is 19.1. The Balaban J connectivity index is 1.64. The van der Waals surface area contributed by atoms with Crippen molar-refractivity contribution in [3.63, 3.8) is 0 Å². The number of ether oxygens (including phenoxy) is 1. The van der Waals surface area contributed by atoms with Crippen molar-refractivity contribution >= 4 is 21.9 Å². The first-order valence-electron chi connectivity index (χ1n) is 10.5. The first-order valence-corrected chi connectivity index (χ1v) is 12.0. The van der Waals surface area contributed by atoms with Crippen LogP contribution in [0, 0.1) is 12.3 Å². The molecule has 0 aliphatic heterocycles. The molecule has 3 aromatic rings. The third-order valence-electron chi connectivity index (χ3n) is 4.90. The molecule has 1 unspecified atom stereocenters. The lowest BCUT2D eigenvalue weighted by molar-refractivity contribution is -0.125. The van der Waals surface area contributed by atoms with E-state index in [-0.39, 0.29) is 23.0 Å². The van der Waals surface area contributed by atoms with Gasteiger partial charge < -0.3 is 10.1 Å². The van der Waals surface area contributed by atoms with Gasteiger partial charge in [-0.3, -0.25) is 4.79 Å². The average molecular weight is 477 g/mol. The standard InChI is InChI=1S/C26H24N2O5S/c1-2-16-27-34(31,32)23-15-9-14-22(18-23)26(30)33-19-25(29)28-24(21-12-7-4-8-13-21)17-20-10-5-3-6-11-20/h1,3-15,18,24,27H,16-17,19H2,(H,28,29). The number of benzene rings is 3. The number of nitrogens with one attached hydrogen (secondary N) is 2. The molecule has 0 saturated carbocycles. The van der Waals surface area contributed by atoms with Gasteiger partial charge in [0.05, 0.1) is 23.0 Å². The topological polar surface area (TPSA) is 102 Å². The smallest absolute Gasteiger partial charge is 0.338 e. The van der Waals surface area contributed by atoms with Crippen LogP contribution in [0.1, 0.15) is 27.5 Å². The van der Waals surface area contributed by atoms with E-state index in [0.29, 0.717) is 6.42 Å². The van der Waals surface area contributed by atoms with Crippen molar-refractivity contribution in [2.45, 2.75) is 17.4 Å². The van der Waals surface area contributed by atoms with Crippen LogP contribution >= 0.6 is 0 Å². The molecule has 0 bridgehead atoms. The maximum atomic E-state index is 12.6. The van der Waals surface area contributed by atoms with E-state index in [9.17, 15) is 18.0 Å². The Morgan fingerprint density at radius 2 is 1.62 bits per heavy atom. The number of terminal acetylenes is 1. The summed E-state index contributed by atoms with van der Waals surface area (Å²) in [5.74, 6) is 0.889. The van der Waals surface area contributed by atoms with Gasteiger partial charge in [0.1, 0.15) is 0 Å². The molecule has 0 aromatic heterocycles. The Hall–Kier alpha value is -3.93. The predicted molar refractivity (Wildman–Crippen MR) is 128 cm³/mol. The van der Waals surface area contributed by atoms with Gasteiger partial charge >= 0.3 is 5.97 Å². The molecule has 0 radical (unpaired) electrons. The fraction of sp³-hybridized carbons (Fsp3) is 0.154. The van der Waals surface area contributed by atoms with Crippen LogP contribution in [0.4, 0.5) is 0 Å². The van der Waals surface area contributed by atoms with Crippen molar-refractivity contribution in [1.82, 2.24) is 10.0 Å². The fourth-order valence-corrected chi connectivity index (χ4v) is 4.23. The summed E-state index contributed by atoms with van der Waals surface area (Å²) in [5, 5.41) is 2.91. The number of hydrogen-bond acceptors (Lipinski definition) is 5. The van der Waals surface area contributed by atoms with Crippen molar-refractivity contribution in [3.05, 3.63) is 102 Å². The van der Waals surface area contributed by atoms with Gasteiger partial charge in [0.15, 0.2) is 6.61 Å². The number of esters is 1. The summed E-state index contributed by atoms with van der Waals surface area (Å²) >= 11 is 0. The summed E-state index contributed by atoms with van der Waals surface area (Å²) < 4.78 is 31.8. The molecule has 3 rings (SSSR count). The zero-order chi connectivity index (χ0) is 24.4. The van der Waals surface area contributed by atoms with Gasteiger partial charge in [0.2, 0.25) is 10.0 Å². The van der Waals surface area contributed by atoms with E-state index >= 15 is 0 Å². The number of sulfonamides is 1. The van der Waals surface area contributed by atoms with Crippen LogP contribution in [-0.4, -0.2) is 33.4 Å². The molecule has 0 aliphatic carbocycles. The highest BCUT2D eigenvalue weighted by atomic mass is 32.2. The Labute approximate surface area is 199 Å². The van der Waals surface area contributed by atoms with E-state index in [4.69, 9.17) is 11.2 Å². The van der Waals surface area contributed by atoms with Crippen LogP contribution in [-0.2, 0) is 26.0 Å². The van der Waals surface area contributed by atoms with E-state index in [1.54, 1.807) is 0 Å². The molecule has 34 heavy (non-hydrogen) atoms.